The Labute approximate surface area is 104 Å². The molecule has 0 aliphatic carbocycles. The molecule has 2 aromatic heterocycles. The van der Waals surface area contributed by atoms with Crippen molar-refractivity contribution in [3.05, 3.63) is 47.2 Å². The first-order chi connectivity index (χ1) is 7.34. The molecule has 0 unspecified atom stereocenters. The standard InChI is InChI=1S/C10H7BrN2S2/c11-8-4-5-10(13-7-8)15-14-9-3-1-2-6-12-9/h1-7H. The molecule has 0 saturated heterocycles. The second-order valence-electron chi connectivity index (χ2n) is 2.65. The summed E-state index contributed by atoms with van der Waals surface area (Å²) in [5.41, 5.74) is 0. The summed E-state index contributed by atoms with van der Waals surface area (Å²) in [7, 11) is 3.21. The van der Waals surface area contributed by atoms with Crippen LogP contribution in [0.2, 0.25) is 0 Å². The van der Waals surface area contributed by atoms with Crippen LogP contribution in [0, 0.1) is 0 Å². The molecule has 5 heteroatoms. The Balaban J connectivity index is 1.96. The maximum atomic E-state index is 4.26. The normalized spacial score (nSPS) is 10.2. The zero-order chi connectivity index (χ0) is 10.5. The Kier molecular flexibility index (Phi) is 4.05. The summed E-state index contributed by atoms with van der Waals surface area (Å²) >= 11 is 3.35. The fraction of sp³-hybridized carbons (Fsp3) is 0. The number of pyridine rings is 2. The first-order valence-electron chi connectivity index (χ1n) is 4.22. The number of hydrogen-bond acceptors (Lipinski definition) is 4. The molecule has 2 nitrogen and oxygen atoms in total. The van der Waals surface area contributed by atoms with Gasteiger partial charge in [-0.1, -0.05) is 6.07 Å². The third-order valence-corrected chi connectivity index (χ3v) is 4.20. The lowest BCUT2D eigenvalue weighted by Gasteiger charge is -1.98. The minimum Gasteiger partial charge on any atom is -0.249 e. The van der Waals surface area contributed by atoms with Gasteiger partial charge >= 0.3 is 0 Å². The van der Waals surface area contributed by atoms with Crippen molar-refractivity contribution < 1.29 is 0 Å². The molecule has 0 saturated carbocycles. The van der Waals surface area contributed by atoms with Crippen LogP contribution in [0.1, 0.15) is 0 Å². The van der Waals surface area contributed by atoms with Crippen LogP contribution in [0.25, 0.3) is 0 Å². The topological polar surface area (TPSA) is 25.8 Å². The minimum atomic E-state index is 0.980. The molecule has 76 valence electrons. The zero-order valence-corrected chi connectivity index (χ0v) is 10.8. The fourth-order valence-electron chi connectivity index (χ4n) is 0.893. The Morgan fingerprint density at radius 1 is 0.933 bits per heavy atom. The lowest BCUT2D eigenvalue weighted by atomic mass is 10.5. The van der Waals surface area contributed by atoms with Crippen molar-refractivity contribution >= 4 is 37.5 Å². The van der Waals surface area contributed by atoms with Gasteiger partial charge in [0.25, 0.3) is 0 Å². The van der Waals surface area contributed by atoms with Gasteiger partial charge in [-0.2, -0.15) is 0 Å². The van der Waals surface area contributed by atoms with Crippen molar-refractivity contribution in [2.75, 3.05) is 0 Å². The van der Waals surface area contributed by atoms with Gasteiger partial charge in [-0.15, -0.1) is 0 Å². The van der Waals surface area contributed by atoms with Gasteiger partial charge in [-0.05, 0) is 61.8 Å². The van der Waals surface area contributed by atoms with Crippen LogP contribution in [0.15, 0.2) is 57.3 Å². The first-order valence-corrected chi connectivity index (χ1v) is 7.16. The molecule has 15 heavy (non-hydrogen) atoms. The first kappa shape index (κ1) is 11.0. The van der Waals surface area contributed by atoms with E-state index in [-0.39, 0.29) is 0 Å². The Hall–Kier alpha value is -0.520. The molecule has 0 N–H and O–H groups in total. The van der Waals surface area contributed by atoms with Gasteiger partial charge in [0, 0.05) is 16.9 Å². The van der Waals surface area contributed by atoms with Crippen LogP contribution < -0.4 is 0 Å². The highest BCUT2D eigenvalue weighted by atomic mass is 79.9. The summed E-state index contributed by atoms with van der Waals surface area (Å²) in [5, 5.41) is 1.97. The minimum absolute atomic E-state index is 0.980. The van der Waals surface area contributed by atoms with Crippen LogP contribution in [0.5, 0.6) is 0 Å². The van der Waals surface area contributed by atoms with E-state index in [0.29, 0.717) is 0 Å². The van der Waals surface area contributed by atoms with Crippen molar-refractivity contribution in [1.82, 2.24) is 9.97 Å². The second-order valence-corrected chi connectivity index (χ2v) is 5.73. The van der Waals surface area contributed by atoms with Crippen LogP contribution >= 0.6 is 37.5 Å². The molecular weight excluding hydrogens is 292 g/mol. The van der Waals surface area contributed by atoms with E-state index in [4.69, 9.17) is 0 Å². The summed E-state index contributed by atoms with van der Waals surface area (Å²) in [6, 6.07) is 9.83. The molecule has 2 aromatic rings. The van der Waals surface area contributed by atoms with E-state index in [1.807, 2.05) is 30.3 Å². The van der Waals surface area contributed by atoms with Gasteiger partial charge in [0.15, 0.2) is 0 Å². The van der Waals surface area contributed by atoms with Gasteiger partial charge in [0.2, 0.25) is 0 Å². The monoisotopic (exact) mass is 298 g/mol. The zero-order valence-electron chi connectivity index (χ0n) is 7.63. The predicted octanol–water partition coefficient (Wildman–Crippen LogP) is 4.04. The van der Waals surface area contributed by atoms with Crippen molar-refractivity contribution in [1.29, 1.82) is 0 Å². The Morgan fingerprint density at radius 3 is 2.33 bits per heavy atom. The molecule has 0 radical (unpaired) electrons. The van der Waals surface area contributed by atoms with E-state index in [1.54, 1.807) is 34.0 Å². The summed E-state index contributed by atoms with van der Waals surface area (Å²) in [6.07, 6.45) is 3.58. The lowest BCUT2D eigenvalue weighted by molar-refractivity contribution is 1.13. The summed E-state index contributed by atoms with van der Waals surface area (Å²) in [5.74, 6) is 0. The average Bonchev–Trinajstić information content (AvgIpc) is 2.30. The van der Waals surface area contributed by atoms with Crippen LogP contribution in [0.4, 0.5) is 0 Å². The number of rotatable bonds is 3. The van der Waals surface area contributed by atoms with Crippen molar-refractivity contribution in [2.24, 2.45) is 0 Å². The van der Waals surface area contributed by atoms with Gasteiger partial charge in [-0.25, -0.2) is 9.97 Å². The van der Waals surface area contributed by atoms with Crippen LogP contribution in [0.3, 0.4) is 0 Å². The molecule has 2 heterocycles. The van der Waals surface area contributed by atoms with Crippen LogP contribution in [-0.4, -0.2) is 9.97 Å². The highest BCUT2D eigenvalue weighted by Gasteiger charge is 1.98. The second kappa shape index (κ2) is 5.53. The maximum absolute atomic E-state index is 4.26. The van der Waals surface area contributed by atoms with Crippen molar-refractivity contribution in [3.63, 3.8) is 0 Å². The molecule has 0 aromatic carbocycles. The number of hydrogen-bond donors (Lipinski definition) is 0. The van der Waals surface area contributed by atoms with E-state index in [9.17, 15) is 0 Å². The predicted molar refractivity (Wildman–Crippen MR) is 67.9 cm³/mol. The SMILES string of the molecule is Brc1ccc(SSc2ccccn2)nc1. The number of halogens is 1. The highest BCUT2D eigenvalue weighted by molar-refractivity contribution is 9.10. The number of aromatic nitrogens is 2. The van der Waals surface area contributed by atoms with E-state index in [0.717, 1.165) is 14.5 Å². The van der Waals surface area contributed by atoms with E-state index >= 15 is 0 Å². The van der Waals surface area contributed by atoms with Crippen molar-refractivity contribution in [3.8, 4) is 0 Å². The van der Waals surface area contributed by atoms with Gasteiger partial charge in [0.05, 0.1) is 0 Å². The van der Waals surface area contributed by atoms with Gasteiger partial charge in [0.1, 0.15) is 10.1 Å². The molecule has 0 bridgehead atoms. The fourth-order valence-corrected chi connectivity index (χ4v) is 2.86. The molecule has 0 amide bonds. The quantitative estimate of drug-likeness (QED) is 0.799. The third kappa shape index (κ3) is 3.52. The molecule has 0 aliphatic rings. The number of nitrogens with zero attached hydrogens (tertiary/aromatic N) is 2. The summed E-state index contributed by atoms with van der Waals surface area (Å²) in [6.45, 7) is 0. The average molecular weight is 299 g/mol. The summed E-state index contributed by atoms with van der Waals surface area (Å²) < 4.78 is 0.995. The van der Waals surface area contributed by atoms with Gasteiger partial charge < -0.3 is 0 Å². The largest absolute Gasteiger partial charge is 0.249 e. The molecule has 0 fully saturated rings. The molecule has 0 atom stereocenters. The van der Waals surface area contributed by atoms with Crippen LogP contribution in [-0.2, 0) is 0 Å². The van der Waals surface area contributed by atoms with E-state index in [2.05, 4.69) is 25.9 Å². The molecular formula is C10H7BrN2S2. The molecule has 0 spiro atoms. The smallest absolute Gasteiger partial charge is 0.107 e. The highest BCUT2D eigenvalue weighted by Crippen LogP contribution is 2.34. The molecule has 0 aliphatic heterocycles. The van der Waals surface area contributed by atoms with E-state index in [1.165, 1.54) is 0 Å². The lowest BCUT2D eigenvalue weighted by Crippen LogP contribution is -1.77. The van der Waals surface area contributed by atoms with E-state index < -0.39 is 0 Å². The Morgan fingerprint density at radius 2 is 1.73 bits per heavy atom. The molecule has 2 rings (SSSR count). The Bertz CT molecular complexity index is 419. The third-order valence-electron chi connectivity index (χ3n) is 1.55. The van der Waals surface area contributed by atoms with Crippen molar-refractivity contribution in [2.45, 2.75) is 10.1 Å². The maximum Gasteiger partial charge on any atom is 0.107 e. The van der Waals surface area contributed by atoms with Gasteiger partial charge in [-0.3, -0.25) is 0 Å². The summed E-state index contributed by atoms with van der Waals surface area (Å²) in [4.78, 5) is 8.48.